The molecule has 1 aromatic rings. The lowest BCUT2D eigenvalue weighted by atomic mass is 10.0. The van der Waals surface area contributed by atoms with E-state index in [9.17, 15) is 4.79 Å². The van der Waals surface area contributed by atoms with Gasteiger partial charge in [0.05, 0.1) is 31.1 Å². The third kappa shape index (κ3) is 3.59. The minimum atomic E-state index is -0.482. The summed E-state index contributed by atoms with van der Waals surface area (Å²) in [6.45, 7) is 8.57. The van der Waals surface area contributed by atoms with Gasteiger partial charge in [-0.25, -0.2) is 4.79 Å². The Morgan fingerprint density at radius 1 is 1.45 bits per heavy atom. The Bertz CT molecular complexity index is 517. The van der Waals surface area contributed by atoms with E-state index in [2.05, 4.69) is 20.4 Å². The van der Waals surface area contributed by atoms with Crippen LogP contribution in [0.3, 0.4) is 0 Å². The van der Waals surface area contributed by atoms with Crippen LogP contribution in [0.4, 0.5) is 4.79 Å². The van der Waals surface area contributed by atoms with Crippen LogP contribution in [0, 0.1) is 0 Å². The van der Waals surface area contributed by atoms with E-state index in [-0.39, 0.29) is 12.1 Å². The molecule has 1 aromatic heterocycles. The van der Waals surface area contributed by atoms with E-state index in [0.717, 1.165) is 19.5 Å². The molecule has 2 N–H and O–H groups in total. The Hall–Kier alpha value is -1.60. The number of aromatic nitrogens is 2. The Balaban J connectivity index is 1.52. The van der Waals surface area contributed by atoms with E-state index in [1.165, 1.54) is 11.3 Å². The predicted octanol–water partition coefficient (Wildman–Crippen LogP) is 1.41. The number of rotatable bonds is 2. The molecule has 2 atom stereocenters. The number of hydrogen-bond donors (Lipinski definition) is 2. The largest absolute Gasteiger partial charge is 0.444 e. The van der Waals surface area contributed by atoms with Crippen LogP contribution in [0.5, 0.6) is 0 Å². The van der Waals surface area contributed by atoms with Crippen LogP contribution >= 0.6 is 0 Å². The number of aromatic amines is 1. The molecule has 3 heterocycles. The molecular formula is C15H24N4O3. The highest BCUT2D eigenvalue weighted by Gasteiger charge is 2.33. The zero-order valence-electron chi connectivity index (χ0n) is 13.4. The molecule has 0 radical (unpaired) electrons. The van der Waals surface area contributed by atoms with Crippen molar-refractivity contribution in [1.29, 1.82) is 0 Å². The van der Waals surface area contributed by atoms with Crippen molar-refractivity contribution in [3.8, 4) is 0 Å². The van der Waals surface area contributed by atoms with Gasteiger partial charge in [0, 0.05) is 24.7 Å². The summed E-state index contributed by atoms with van der Waals surface area (Å²) in [5.74, 6) is 0. The van der Waals surface area contributed by atoms with Crippen molar-refractivity contribution < 1.29 is 14.3 Å². The topological polar surface area (TPSA) is 79.5 Å². The SMILES string of the molecule is CC(C)(C)OC(=O)NC1COCC(N2Cc3cn[nH]c3C2)C1. The molecule has 0 bridgehead atoms. The lowest BCUT2D eigenvalue weighted by molar-refractivity contribution is -0.00812. The molecule has 7 heteroatoms. The van der Waals surface area contributed by atoms with E-state index >= 15 is 0 Å². The monoisotopic (exact) mass is 308 g/mol. The first kappa shape index (κ1) is 15.3. The fourth-order valence-corrected chi connectivity index (χ4v) is 2.99. The van der Waals surface area contributed by atoms with E-state index in [1.54, 1.807) is 0 Å². The third-order valence-electron chi connectivity index (χ3n) is 3.97. The maximum absolute atomic E-state index is 11.9. The number of ether oxygens (including phenoxy) is 2. The van der Waals surface area contributed by atoms with Crippen molar-refractivity contribution in [2.45, 2.75) is 58.0 Å². The van der Waals surface area contributed by atoms with Gasteiger partial charge in [-0.1, -0.05) is 0 Å². The summed E-state index contributed by atoms with van der Waals surface area (Å²) in [6.07, 6.45) is 2.38. The summed E-state index contributed by atoms with van der Waals surface area (Å²) in [7, 11) is 0. The Morgan fingerprint density at radius 3 is 3.00 bits per heavy atom. The molecule has 0 saturated carbocycles. The van der Waals surface area contributed by atoms with Crippen molar-refractivity contribution in [2.75, 3.05) is 13.2 Å². The number of carbonyl (C=O) groups excluding carboxylic acids is 1. The predicted molar refractivity (Wildman–Crippen MR) is 80.2 cm³/mol. The van der Waals surface area contributed by atoms with Crippen molar-refractivity contribution in [2.24, 2.45) is 0 Å². The van der Waals surface area contributed by atoms with Crippen molar-refractivity contribution in [3.05, 3.63) is 17.5 Å². The van der Waals surface area contributed by atoms with E-state index < -0.39 is 5.60 Å². The van der Waals surface area contributed by atoms with Crippen molar-refractivity contribution >= 4 is 6.09 Å². The molecule has 0 aliphatic carbocycles. The van der Waals surface area contributed by atoms with Gasteiger partial charge in [0.1, 0.15) is 5.60 Å². The van der Waals surface area contributed by atoms with Crippen LogP contribution in [-0.4, -0.2) is 52.1 Å². The zero-order valence-corrected chi connectivity index (χ0v) is 13.4. The quantitative estimate of drug-likeness (QED) is 0.863. The van der Waals surface area contributed by atoms with Crippen molar-refractivity contribution in [1.82, 2.24) is 20.4 Å². The highest BCUT2D eigenvalue weighted by atomic mass is 16.6. The van der Waals surface area contributed by atoms with E-state index in [0.29, 0.717) is 19.3 Å². The molecule has 1 fully saturated rings. The maximum Gasteiger partial charge on any atom is 0.407 e. The molecule has 0 aromatic carbocycles. The first-order valence-electron chi connectivity index (χ1n) is 7.73. The average molecular weight is 308 g/mol. The molecule has 2 aliphatic rings. The Kier molecular flexibility index (Phi) is 4.10. The van der Waals surface area contributed by atoms with Crippen LogP contribution < -0.4 is 5.32 Å². The van der Waals surface area contributed by atoms with Gasteiger partial charge < -0.3 is 14.8 Å². The second kappa shape index (κ2) is 5.89. The first-order valence-corrected chi connectivity index (χ1v) is 7.73. The number of carbonyl (C=O) groups is 1. The number of nitrogens with one attached hydrogen (secondary N) is 2. The van der Waals surface area contributed by atoms with Gasteiger partial charge in [-0.05, 0) is 27.2 Å². The molecule has 2 unspecified atom stereocenters. The van der Waals surface area contributed by atoms with E-state index in [1.807, 2.05) is 27.0 Å². The smallest absolute Gasteiger partial charge is 0.407 e. The highest BCUT2D eigenvalue weighted by Crippen LogP contribution is 2.25. The number of H-pyrrole nitrogens is 1. The lowest BCUT2D eigenvalue weighted by Crippen LogP contribution is -2.50. The highest BCUT2D eigenvalue weighted by molar-refractivity contribution is 5.68. The molecule has 0 spiro atoms. The molecule has 1 amide bonds. The average Bonchev–Trinajstić information content (AvgIpc) is 2.96. The second-order valence-electron chi connectivity index (χ2n) is 7.05. The van der Waals surface area contributed by atoms with Gasteiger partial charge in [0.2, 0.25) is 0 Å². The minimum absolute atomic E-state index is 0.00864. The first-order chi connectivity index (χ1) is 10.4. The van der Waals surface area contributed by atoms with Gasteiger partial charge in [0.15, 0.2) is 0 Å². The number of nitrogens with zero attached hydrogens (tertiary/aromatic N) is 2. The molecule has 2 aliphatic heterocycles. The van der Waals surface area contributed by atoms with Crippen LogP contribution in [0.2, 0.25) is 0 Å². The number of fused-ring (bicyclic) bond motifs is 1. The lowest BCUT2D eigenvalue weighted by Gasteiger charge is -2.35. The summed E-state index contributed by atoms with van der Waals surface area (Å²) < 4.78 is 11.0. The van der Waals surface area contributed by atoms with Crippen LogP contribution in [0.25, 0.3) is 0 Å². The maximum atomic E-state index is 11.9. The number of amides is 1. The van der Waals surface area contributed by atoms with Crippen LogP contribution in [0.1, 0.15) is 38.4 Å². The van der Waals surface area contributed by atoms with Gasteiger partial charge in [-0.15, -0.1) is 0 Å². The van der Waals surface area contributed by atoms with Crippen molar-refractivity contribution in [3.63, 3.8) is 0 Å². The van der Waals surface area contributed by atoms with Gasteiger partial charge >= 0.3 is 6.09 Å². The van der Waals surface area contributed by atoms with Crippen LogP contribution in [0.15, 0.2) is 6.20 Å². The summed E-state index contributed by atoms with van der Waals surface area (Å²) in [6, 6.07) is 0.292. The second-order valence-corrected chi connectivity index (χ2v) is 7.05. The molecule has 3 rings (SSSR count). The fourth-order valence-electron chi connectivity index (χ4n) is 2.99. The standard InChI is InChI=1S/C15H24N4O3/c1-15(2,3)22-14(20)17-11-4-12(9-21-8-11)19-6-10-5-16-18-13(10)7-19/h5,11-12H,4,6-9H2,1-3H3,(H,16,18)(H,17,20). The van der Waals surface area contributed by atoms with Gasteiger partial charge in [-0.3, -0.25) is 10.00 Å². The number of hydrogen-bond acceptors (Lipinski definition) is 5. The van der Waals surface area contributed by atoms with E-state index in [4.69, 9.17) is 9.47 Å². The van der Waals surface area contributed by atoms with Crippen LogP contribution in [-0.2, 0) is 22.6 Å². The molecule has 7 nitrogen and oxygen atoms in total. The zero-order chi connectivity index (χ0) is 15.7. The normalized spacial score (nSPS) is 25.8. The molecule has 22 heavy (non-hydrogen) atoms. The fraction of sp³-hybridized carbons (Fsp3) is 0.733. The summed E-state index contributed by atoms with van der Waals surface area (Å²) in [4.78, 5) is 14.2. The Labute approximate surface area is 130 Å². The number of alkyl carbamates (subject to hydrolysis) is 1. The molecule has 1 saturated heterocycles. The summed E-state index contributed by atoms with van der Waals surface area (Å²) >= 11 is 0. The van der Waals surface area contributed by atoms with Gasteiger partial charge in [0.25, 0.3) is 0 Å². The van der Waals surface area contributed by atoms with Gasteiger partial charge in [-0.2, -0.15) is 5.10 Å². The third-order valence-corrected chi connectivity index (χ3v) is 3.97. The molecule has 122 valence electrons. The summed E-state index contributed by atoms with van der Waals surface area (Å²) in [5, 5.41) is 10.00. The minimum Gasteiger partial charge on any atom is -0.444 e. The Morgan fingerprint density at radius 2 is 2.27 bits per heavy atom. The summed E-state index contributed by atoms with van der Waals surface area (Å²) in [5.41, 5.74) is 1.95. The molecular weight excluding hydrogens is 284 g/mol.